The fraction of sp³-hybridized carbons (Fsp3) is 0.208. The van der Waals surface area contributed by atoms with Crippen LogP contribution in [0.25, 0.3) is 16.7 Å². The molecule has 2 aromatic carbocycles. The first-order valence-corrected chi connectivity index (χ1v) is 11.0. The zero-order valence-corrected chi connectivity index (χ0v) is 18.9. The van der Waals surface area contributed by atoms with Crippen molar-refractivity contribution in [2.24, 2.45) is 0 Å². The van der Waals surface area contributed by atoms with Gasteiger partial charge in [-0.15, -0.1) is 0 Å². The molecule has 1 N–H and O–H groups in total. The minimum atomic E-state index is -0.935. The van der Waals surface area contributed by atoms with Crippen LogP contribution in [-0.4, -0.2) is 51.6 Å². The van der Waals surface area contributed by atoms with Crippen LogP contribution in [-0.2, 0) is 4.74 Å². The number of aromatic nitrogens is 3. The summed E-state index contributed by atoms with van der Waals surface area (Å²) in [6.45, 7) is 3.17. The van der Waals surface area contributed by atoms with Gasteiger partial charge >= 0.3 is 0 Å². The Labute approximate surface area is 198 Å². The number of fused-ring (bicyclic) bond motifs is 1. The van der Waals surface area contributed by atoms with Crippen LogP contribution < -0.4 is 5.32 Å². The van der Waals surface area contributed by atoms with Crippen LogP contribution in [0.3, 0.4) is 0 Å². The van der Waals surface area contributed by atoms with Gasteiger partial charge in [0, 0.05) is 41.6 Å². The highest BCUT2D eigenvalue weighted by Gasteiger charge is 2.26. The third kappa shape index (κ3) is 4.20. The van der Waals surface area contributed by atoms with Gasteiger partial charge in [-0.1, -0.05) is 17.7 Å². The third-order valence-corrected chi connectivity index (χ3v) is 6.08. The Morgan fingerprint density at radius 3 is 2.56 bits per heavy atom. The van der Waals surface area contributed by atoms with Crippen LogP contribution in [0.1, 0.15) is 15.9 Å². The van der Waals surface area contributed by atoms with Gasteiger partial charge in [0.15, 0.2) is 0 Å². The smallest absolute Gasteiger partial charge is 0.259 e. The molecule has 1 amide bonds. The summed E-state index contributed by atoms with van der Waals surface area (Å²) in [5, 5.41) is 4.37. The van der Waals surface area contributed by atoms with Crippen molar-refractivity contribution in [3.8, 4) is 5.69 Å². The number of ether oxygens (including phenoxy) is 1. The van der Waals surface area contributed by atoms with Crippen LogP contribution in [0.2, 0.25) is 5.02 Å². The van der Waals surface area contributed by atoms with Gasteiger partial charge in [0.05, 0.1) is 18.9 Å². The second-order valence-electron chi connectivity index (χ2n) is 7.94. The number of rotatable bonds is 4. The summed E-state index contributed by atoms with van der Waals surface area (Å²) in [5.74, 6) is -2.26. The zero-order chi connectivity index (χ0) is 23.8. The molecule has 0 atom stereocenters. The fourth-order valence-electron chi connectivity index (χ4n) is 3.81. The minimum absolute atomic E-state index is 0.201. The summed E-state index contributed by atoms with van der Waals surface area (Å²) in [6.07, 6.45) is 3.25. The molecule has 5 rings (SSSR count). The first-order valence-electron chi connectivity index (χ1n) is 10.6. The molecule has 0 aliphatic carbocycles. The molecule has 0 radical (unpaired) electrons. The molecular formula is C24H20ClF2N5O2. The number of anilines is 2. The SMILES string of the molecule is Cc1ccc(Nc2ncc3ccn(-c4cc(F)c(C(=O)N5CCOCC5)c(F)c4)c3n2)cc1Cl. The van der Waals surface area contributed by atoms with E-state index in [0.717, 1.165) is 17.7 Å². The van der Waals surface area contributed by atoms with E-state index in [0.29, 0.717) is 54.0 Å². The maximum atomic E-state index is 15.0. The largest absolute Gasteiger partial charge is 0.378 e. The second kappa shape index (κ2) is 9.00. The first kappa shape index (κ1) is 22.2. The van der Waals surface area contributed by atoms with E-state index in [1.165, 1.54) is 4.90 Å². The number of morpholine rings is 1. The summed E-state index contributed by atoms with van der Waals surface area (Å²) < 4.78 is 36.7. The van der Waals surface area contributed by atoms with Crippen molar-refractivity contribution in [2.45, 2.75) is 6.92 Å². The average Bonchev–Trinajstić information content (AvgIpc) is 3.25. The van der Waals surface area contributed by atoms with E-state index in [4.69, 9.17) is 16.3 Å². The van der Waals surface area contributed by atoms with Gasteiger partial charge in [-0.25, -0.2) is 13.8 Å². The molecular weight excluding hydrogens is 464 g/mol. The number of carbonyl (C=O) groups is 1. The van der Waals surface area contributed by atoms with Crippen LogP contribution in [0.5, 0.6) is 0 Å². The van der Waals surface area contributed by atoms with Gasteiger partial charge in [0.25, 0.3) is 5.91 Å². The van der Waals surface area contributed by atoms with E-state index in [9.17, 15) is 13.6 Å². The number of amides is 1. The fourth-order valence-corrected chi connectivity index (χ4v) is 3.99. The number of benzene rings is 2. The second-order valence-corrected chi connectivity index (χ2v) is 8.34. The number of nitrogens with one attached hydrogen (secondary N) is 1. The van der Waals surface area contributed by atoms with E-state index in [1.807, 2.05) is 19.1 Å². The Balaban J connectivity index is 1.48. The van der Waals surface area contributed by atoms with Gasteiger partial charge in [-0.3, -0.25) is 4.79 Å². The van der Waals surface area contributed by atoms with E-state index in [2.05, 4.69) is 15.3 Å². The summed E-state index contributed by atoms with van der Waals surface area (Å²) >= 11 is 6.19. The van der Waals surface area contributed by atoms with E-state index >= 15 is 0 Å². The van der Waals surface area contributed by atoms with Crippen molar-refractivity contribution in [1.29, 1.82) is 0 Å². The Bertz CT molecular complexity index is 1380. The Kier molecular flexibility index (Phi) is 5.89. The van der Waals surface area contributed by atoms with Gasteiger partial charge < -0.3 is 19.5 Å². The average molecular weight is 484 g/mol. The molecule has 4 aromatic rings. The molecule has 7 nitrogen and oxygen atoms in total. The zero-order valence-electron chi connectivity index (χ0n) is 18.2. The van der Waals surface area contributed by atoms with Gasteiger partial charge in [-0.2, -0.15) is 4.98 Å². The highest BCUT2D eigenvalue weighted by Crippen LogP contribution is 2.26. The predicted molar refractivity (Wildman–Crippen MR) is 125 cm³/mol. The summed E-state index contributed by atoms with van der Waals surface area (Å²) in [7, 11) is 0. The molecule has 1 fully saturated rings. The molecule has 0 unspecified atom stereocenters. The highest BCUT2D eigenvalue weighted by molar-refractivity contribution is 6.31. The highest BCUT2D eigenvalue weighted by atomic mass is 35.5. The molecule has 34 heavy (non-hydrogen) atoms. The lowest BCUT2D eigenvalue weighted by molar-refractivity contribution is 0.0296. The lowest BCUT2D eigenvalue weighted by Gasteiger charge is -2.27. The molecule has 174 valence electrons. The van der Waals surface area contributed by atoms with Crippen LogP contribution >= 0.6 is 11.6 Å². The Hall–Kier alpha value is -3.56. The van der Waals surface area contributed by atoms with Gasteiger partial charge in [-0.05, 0) is 42.8 Å². The molecule has 0 spiro atoms. The van der Waals surface area contributed by atoms with Crippen molar-refractivity contribution in [3.05, 3.63) is 76.6 Å². The van der Waals surface area contributed by atoms with Crippen molar-refractivity contribution in [1.82, 2.24) is 19.4 Å². The number of aryl methyl sites for hydroxylation is 1. The lowest BCUT2D eigenvalue weighted by Crippen LogP contribution is -2.41. The lowest BCUT2D eigenvalue weighted by atomic mass is 10.1. The molecule has 10 heteroatoms. The topological polar surface area (TPSA) is 72.3 Å². The van der Waals surface area contributed by atoms with Gasteiger partial charge in [0.2, 0.25) is 5.95 Å². The molecule has 1 saturated heterocycles. The van der Waals surface area contributed by atoms with Crippen LogP contribution in [0, 0.1) is 18.6 Å². The standard InChI is InChI=1S/C24H20ClF2N5O2/c1-14-2-3-16(10-18(14)25)29-24-28-13-15-4-5-32(22(15)30-24)17-11-19(26)21(20(27)12-17)23(33)31-6-8-34-9-7-31/h2-5,10-13H,6-9H2,1H3,(H,28,29,30). The Morgan fingerprint density at radius 2 is 1.85 bits per heavy atom. The number of hydrogen-bond donors (Lipinski definition) is 1. The van der Waals surface area contributed by atoms with Crippen molar-refractivity contribution >= 4 is 40.2 Å². The first-order chi connectivity index (χ1) is 16.4. The number of nitrogens with zero attached hydrogens (tertiary/aromatic N) is 4. The number of hydrogen-bond acceptors (Lipinski definition) is 5. The maximum absolute atomic E-state index is 15.0. The maximum Gasteiger partial charge on any atom is 0.259 e. The summed E-state index contributed by atoms with van der Waals surface area (Å²) in [4.78, 5) is 22.9. The summed E-state index contributed by atoms with van der Waals surface area (Å²) in [5.41, 5.74) is 1.72. The van der Waals surface area contributed by atoms with Crippen molar-refractivity contribution < 1.29 is 18.3 Å². The van der Waals surface area contributed by atoms with Gasteiger partial charge in [0.1, 0.15) is 22.8 Å². The monoisotopic (exact) mass is 483 g/mol. The molecule has 0 saturated carbocycles. The quantitative estimate of drug-likeness (QED) is 0.448. The number of carbonyl (C=O) groups excluding carboxylic acids is 1. The normalized spacial score (nSPS) is 13.9. The molecule has 3 heterocycles. The summed E-state index contributed by atoms with van der Waals surface area (Å²) in [6, 6.07) is 9.49. The van der Waals surface area contributed by atoms with E-state index in [-0.39, 0.29) is 5.69 Å². The van der Waals surface area contributed by atoms with Crippen LogP contribution in [0.15, 0.2) is 48.8 Å². The molecule has 2 aromatic heterocycles. The minimum Gasteiger partial charge on any atom is -0.378 e. The predicted octanol–water partition coefficient (Wildman–Crippen LogP) is 4.88. The molecule has 0 bridgehead atoms. The Morgan fingerprint density at radius 1 is 1.12 bits per heavy atom. The van der Waals surface area contributed by atoms with E-state index < -0.39 is 23.1 Å². The third-order valence-electron chi connectivity index (χ3n) is 5.67. The molecule has 1 aliphatic rings. The van der Waals surface area contributed by atoms with Crippen molar-refractivity contribution in [3.63, 3.8) is 0 Å². The molecule has 1 aliphatic heterocycles. The number of halogens is 3. The van der Waals surface area contributed by atoms with E-state index in [1.54, 1.807) is 29.1 Å². The van der Waals surface area contributed by atoms with Crippen molar-refractivity contribution in [2.75, 3.05) is 31.6 Å². The van der Waals surface area contributed by atoms with Crippen LogP contribution in [0.4, 0.5) is 20.4 Å².